The zero-order valence-electron chi connectivity index (χ0n) is 13.4. The number of carbonyl (C=O) groups excluding carboxylic acids is 1. The molecule has 0 saturated heterocycles. The number of halogens is 1. The van der Waals surface area contributed by atoms with Gasteiger partial charge in [-0.25, -0.2) is 5.01 Å². The molecule has 0 spiro atoms. The molecule has 0 aromatic heterocycles. The molecule has 124 valence electrons. The molecule has 3 rings (SSSR count). The molecule has 0 radical (unpaired) electrons. The number of methoxy groups -OCH3 is 1. The van der Waals surface area contributed by atoms with Crippen molar-refractivity contribution >= 4 is 27.5 Å². The fourth-order valence-electron chi connectivity index (χ4n) is 2.79. The van der Waals surface area contributed by atoms with E-state index in [1.54, 1.807) is 25.3 Å². The monoisotopic (exact) mass is 388 g/mol. The molecular formula is C18H17BrN2O3. The van der Waals surface area contributed by atoms with Crippen molar-refractivity contribution < 1.29 is 14.6 Å². The van der Waals surface area contributed by atoms with E-state index in [-0.39, 0.29) is 17.7 Å². The zero-order chi connectivity index (χ0) is 17.3. The highest BCUT2D eigenvalue weighted by Gasteiger charge is 2.32. The van der Waals surface area contributed by atoms with Gasteiger partial charge in [0.2, 0.25) is 5.91 Å². The van der Waals surface area contributed by atoms with E-state index in [0.717, 1.165) is 10.0 Å². The first-order chi connectivity index (χ1) is 11.5. The van der Waals surface area contributed by atoms with Crippen LogP contribution in [0.25, 0.3) is 0 Å². The lowest BCUT2D eigenvalue weighted by molar-refractivity contribution is -0.130. The fourth-order valence-corrected chi connectivity index (χ4v) is 3.05. The van der Waals surface area contributed by atoms with Crippen LogP contribution < -0.4 is 4.74 Å². The topological polar surface area (TPSA) is 62.1 Å². The van der Waals surface area contributed by atoms with Crippen molar-refractivity contribution in [3.05, 3.63) is 58.1 Å². The van der Waals surface area contributed by atoms with Crippen LogP contribution in [0.15, 0.2) is 52.0 Å². The minimum Gasteiger partial charge on any atom is -0.507 e. The van der Waals surface area contributed by atoms with Gasteiger partial charge in [0, 0.05) is 29.4 Å². The molecule has 24 heavy (non-hydrogen) atoms. The Morgan fingerprint density at radius 3 is 2.58 bits per heavy atom. The molecule has 5 nitrogen and oxygen atoms in total. The zero-order valence-corrected chi connectivity index (χ0v) is 14.9. The number of hydrogen-bond acceptors (Lipinski definition) is 4. The van der Waals surface area contributed by atoms with Gasteiger partial charge in [-0.1, -0.05) is 28.1 Å². The van der Waals surface area contributed by atoms with Crippen molar-refractivity contribution in [1.82, 2.24) is 5.01 Å². The molecule has 6 heteroatoms. The number of phenolic OH excluding ortho intramolecular Hbond substituents is 1. The van der Waals surface area contributed by atoms with Crippen LogP contribution >= 0.6 is 15.9 Å². The number of phenols is 1. The average Bonchev–Trinajstić information content (AvgIpc) is 3.00. The third-order valence-corrected chi connectivity index (χ3v) is 4.53. The molecular weight excluding hydrogens is 372 g/mol. The van der Waals surface area contributed by atoms with Crippen LogP contribution in [0.5, 0.6) is 11.5 Å². The van der Waals surface area contributed by atoms with Crippen LogP contribution in [0.1, 0.15) is 30.5 Å². The second-order valence-corrected chi connectivity index (χ2v) is 6.48. The lowest BCUT2D eigenvalue weighted by Crippen LogP contribution is -2.24. The van der Waals surface area contributed by atoms with Crippen molar-refractivity contribution in [2.24, 2.45) is 5.10 Å². The quantitative estimate of drug-likeness (QED) is 0.867. The Labute approximate surface area is 148 Å². The summed E-state index contributed by atoms with van der Waals surface area (Å²) >= 11 is 3.42. The van der Waals surface area contributed by atoms with Gasteiger partial charge in [0.15, 0.2) is 0 Å². The van der Waals surface area contributed by atoms with Gasteiger partial charge in [-0.15, -0.1) is 0 Å². The summed E-state index contributed by atoms with van der Waals surface area (Å²) in [6.07, 6.45) is 0.543. The molecule has 1 aliphatic heterocycles. The minimum atomic E-state index is -0.174. The predicted molar refractivity (Wildman–Crippen MR) is 95.2 cm³/mol. The van der Waals surface area contributed by atoms with Gasteiger partial charge in [0.25, 0.3) is 0 Å². The van der Waals surface area contributed by atoms with Gasteiger partial charge in [0.1, 0.15) is 11.5 Å². The number of nitrogens with zero attached hydrogens (tertiary/aromatic N) is 2. The highest BCUT2D eigenvalue weighted by Crippen LogP contribution is 2.36. The Hall–Kier alpha value is -2.34. The smallest absolute Gasteiger partial charge is 0.240 e. The molecule has 1 N–H and O–H groups in total. The van der Waals surface area contributed by atoms with Gasteiger partial charge in [-0.3, -0.25) is 4.79 Å². The average molecular weight is 389 g/mol. The van der Waals surface area contributed by atoms with Crippen molar-refractivity contribution in [2.45, 2.75) is 19.4 Å². The van der Waals surface area contributed by atoms with Crippen LogP contribution in [-0.2, 0) is 4.79 Å². The summed E-state index contributed by atoms with van der Waals surface area (Å²) in [6, 6.07) is 12.7. The van der Waals surface area contributed by atoms with E-state index < -0.39 is 0 Å². The fraction of sp³-hybridized carbons (Fsp3) is 0.222. The van der Waals surface area contributed by atoms with Crippen molar-refractivity contribution in [3.63, 3.8) is 0 Å². The SMILES string of the molecule is COc1ccc(C2=NN(C(C)=O)[C@H](c3ccc(Br)cc3)C2)c(O)c1. The Morgan fingerprint density at radius 1 is 1.29 bits per heavy atom. The van der Waals surface area contributed by atoms with Crippen LogP contribution in [-0.4, -0.2) is 28.8 Å². The first-order valence-corrected chi connectivity index (χ1v) is 8.29. The second kappa shape index (κ2) is 6.65. The molecule has 0 unspecified atom stereocenters. The maximum absolute atomic E-state index is 12.0. The maximum atomic E-state index is 12.0. The van der Waals surface area contributed by atoms with E-state index in [2.05, 4.69) is 21.0 Å². The number of hydrazone groups is 1. The number of amides is 1. The number of hydrogen-bond donors (Lipinski definition) is 1. The summed E-state index contributed by atoms with van der Waals surface area (Å²) in [5.74, 6) is 0.529. The molecule has 1 heterocycles. The van der Waals surface area contributed by atoms with Crippen molar-refractivity contribution in [2.75, 3.05) is 7.11 Å². The number of carbonyl (C=O) groups is 1. The van der Waals surface area contributed by atoms with E-state index in [1.807, 2.05) is 24.3 Å². The summed E-state index contributed by atoms with van der Waals surface area (Å²) in [6.45, 7) is 1.49. The van der Waals surface area contributed by atoms with Gasteiger partial charge in [-0.2, -0.15) is 5.10 Å². The number of rotatable bonds is 3. The van der Waals surface area contributed by atoms with E-state index in [9.17, 15) is 9.90 Å². The van der Waals surface area contributed by atoms with Crippen LogP contribution in [0, 0.1) is 0 Å². The van der Waals surface area contributed by atoms with Gasteiger partial charge < -0.3 is 9.84 Å². The van der Waals surface area contributed by atoms with Crippen LogP contribution in [0.3, 0.4) is 0 Å². The molecule has 1 atom stereocenters. The molecule has 0 fully saturated rings. The Balaban J connectivity index is 1.95. The van der Waals surface area contributed by atoms with Gasteiger partial charge >= 0.3 is 0 Å². The van der Waals surface area contributed by atoms with Crippen molar-refractivity contribution in [3.8, 4) is 11.5 Å². The van der Waals surface area contributed by atoms with E-state index in [0.29, 0.717) is 23.4 Å². The van der Waals surface area contributed by atoms with Crippen LogP contribution in [0.2, 0.25) is 0 Å². The predicted octanol–water partition coefficient (Wildman–Crippen LogP) is 3.86. The first kappa shape index (κ1) is 16.5. The Kier molecular flexibility index (Phi) is 4.57. The third kappa shape index (κ3) is 3.14. The summed E-state index contributed by atoms with van der Waals surface area (Å²) in [5.41, 5.74) is 2.29. The highest BCUT2D eigenvalue weighted by molar-refractivity contribution is 9.10. The number of benzene rings is 2. The first-order valence-electron chi connectivity index (χ1n) is 7.49. The summed E-state index contributed by atoms with van der Waals surface area (Å²) in [5, 5.41) is 16.1. The number of ether oxygens (including phenoxy) is 1. The molecule has 1 amide bonds. The molecule has 2 aromatic rings. The Morgan fingerprint density at radius 2 is 2.00 bits per heavy atom. The molecule has 0 saturated carbocycles. The van der Waals surface area contributed by atoms with Gasteiger partial charge in [0.05, 0.1) is 18.9 Å². The molecule has 0 bridgehead atoms. The number of aromatic hydroxyl groups is 1. The Bertz CT molecular complexity index is 802. The summed E-state index contributed by atoms with van der Waals surface area (Å²) in [4.78, 5) is 12.0. The van der Waals surface area contributed by atoms with E-state index >= 15 is 0 Å². The second-order valence-electron chi connectivity index (χ2n) is 5.56. The van der Waals surface area contributed by atoms with E-state index in [4.69, 9.17) is 4.74 Å². The van der Waals surface area contributed by atoms with Crippen molar-refractivity contribution in [1.29, 1.82) is 0 Å². The lowest BCUT2D eigenvalue weighted by Gasteiger charge is -2.20. The molecule has 0 aliphatic carbocycles. The normalized spacial score (nSPS) is 16.9. The molecule has 1 aliphatic rings. The summed E-state index contributed by atoms with van der Waals surface area (Å²) < 4.78 is 6.08. The van der Waals surface area contributed by atoms with E-state index in [1.165, 1.54) is 11.9 Å². The highest BCUT2D eigenvalue weighted by atomic mass is 79.9. The minimum absolute atomic E-state index is 0.0908. The molecule has 2 aromatic carbocycles. The third-order valence-electron chi connectivity index (χ3n) is 4.00. The summed E-state index contributed by atoms with van der Waals surface area (Å²) in [7, 11) is 1.54. The van der Waals surface area contributed by atoms with Crippen LogP contribution in [0.4, 0.5) is 0 Å². The lowest BCUT2D eigenvalue weighted by atomic mass is 9.98. The maximum Gasteiger partial charge on any atom is 0.240 e. The standard InChI is InChI=1S/C18H17BrN2O3/c1-11(22)21-17(12-3-5-13(19)6-4-12)10-16(20-21)15-8-7-14(24-2)9-18(15)23/h3-9,17,23H,10H2,1-2H3/t17-/m0/s1. The largest absolute Gasteiger partial charge is 0.507 e. The van der Waals surface area contributed by atoms with Gasteiger partial charge in [-0.05, 0) is 29.8 Å².